The van der Waals surface area contributed by atoms with E-state index in [1.165, 1.54) is 10.6 Å². The molecule has 5 rings (SSSR count). The van der Waals surface area contributed by atoms with Crippen molar-refractivity contribution in [1.82, 2.24) is 19.1 Å². The summed E-state index contributed by atoms with van der Waals surface area (Å²) in [6.07, 6.45) is 3.24. The number of fused-ring (bicyclic) bond motifs is 1. The summed E-state index contributed by atoms with van der Waals surface area (Å²) in [5.74, 6) is -0.432. The van der Waals surface area contributed by atoms with Gasteiger partial charge in [-0.3, -0.25) is 9.13 Å². The summed E-state index contributed by atoms with van der Waals surface area (Å²) in [6.45, 7) is 2.88. The van der Waals surface area contributed by atoms with E-state index in [0.29, 0.717) is 59.6 Å². The molecule has 3 heterocycles. The first-order valence-corrected chi connectivity index (χ1v) is 10.8. The minimum absolute atomic E-state index is 0.166. The first-order chi connectivity index (χ1) is 16.0. The van der Waals surface area contributed by atoms with Crippen molar-refractivity contribution < 1.29 is 14.6 Å². The molecule has 168 valence electrons. The Bertz CT molecular complexity index is 1390. The molecule has 0 amide bonds. The Morgan fingerprint density at radius 2 is 1.82 bits per heavy atom. The van der Waals surface area contributed by atoms with E-state index in [0.717, 1.165) is 0 Å². The Labute approximate surface area is 193 Å². The lowest BCUT2D eigenvalue weighted by Crippen LogP contribution is -2.37. The number of hydrogen-bond donors (Lipinski definition) is 1. The summed E-state index contributed by atoms with van der Waals surface area (Å²) in [7, 11) is 0. The number of ether oxygens (including phenoxy) is 1. The predicted octanol–water partition coefficient (Wildman–Crippen LogP) is 2.82. The molecule has 1 fully saturated rings. The molecule has 0 saturated carbocycles. The molecule has 0 bridgehead atoms. The normalized spacial score (nSPS) is 14.0. The Morgan fingerprint density at radius 3 is 2.55 bits per heavy atom. The van der Waals surface area contributed by atoms with E-state index < -0.39 is 5.97 Å². The SMILES string of the molecule is O=C(O)c1cccc(Cn2c(=O)n(-c3cnc(N4CCOCC4)nc3)c3cc(Cl)ccc32)c1. The fourth-order valence-electron chi connectivity index (χ4n) is 3.97. The van der Waals surface area contributed by atoms with Crippen LogP contribution in [0, 0.1) is 0 Å². The van der Waals surface area contributed by atoms with Gasteiger partial charge in [0.15, 0.2) is 0 Å². The average molecular weight is 466 g/mol. The van der Waals surface area contributed by atoms with Gasteiger partial charge in [-0.2, -0.15) is 0 Å². The number of imidazole rings is 1. The van der Waals surface area contributed by atoms with Gasteiger partial charge in [-0.15, -0.1) is 0 Å². The van der Waals surface area contributed by atoms with Crippen LogP contribution in [0.15, 0.2) is 59.7 Å². The molecule has 0 radical (unpaired) electrons. The number of carbonyl (C=O) groups is 1. The molecule has 1 aliphatic rings. The van der Waals surface area contributed by atoms with Crippen molar-refractivity contribution in [1.29, 1.82) is 0 Å². The van der Waals surface area contributed by atoms with Crippen LogP contribution in [0.1, 0.15) is 15.9 Å². The number of halogens is 1. The highest BCUT2D eigenvalue weighted by atomic mass is 35.5. The highest BCUT2D eigenvalue weighted by molar-refractivity contribution is 6.31. The van der Waals surface area contributed by atoms with E-state index >= 15 is 0 Å². The number of anilines is 1. The standard InChI is InChI=1S/C23H20ClN5O4/c24-17-4-5-19-20(11-17)29(18-12-25-22(26-13-18)27-6-8-33-9-7-27)23(32)28(19)14-15-2-1-3-16(10-15)21(30)31/h1-5,10-13H,6-9,14H2,(H,30,31). The van der Waals surface area contributed by atoms with E-state index in [2.05, 4.69) is 9.97 Å². The van der Waals surface area contributed by atoms with Crippen molar-refractivity contribution in [2.75, 3.05) is 31.2 Å². The van der Waals surface area contributed by atoms with Crippen molar-refractivity contribution in [3.63, 3.8) is 0 Å². The molecule has 4 aromatic rings. The number of carboxylic acids is 1. The van der Waals surface area contributed by atoms with E-state index in [4.69, 9.17) is 16.3 Å². The summed E-state index contributed by atoms with van der Waals surface area (Å²) in [5, 5.41) is 9.78. The molecule has 2 aromatic heterocycles. The fraction of sp³-hybridized carbons (Fsp3) is 0.217. The first-order valence-electron chi connectivity index (χ1n) is 10.4. The van der Waals surface area contributed by atoms with Crippen molar-refractivity contribution >= 4 is 34.6 Å². The number of aromatic carboxylic acids is 1. The van der Waals surface area contributed by atoms with Crippen LogP contribution in [0.5, 0.6) is 0 Å². The zero-order chi connectivity index (χ0) is 22.9. The Morgan fingerprint density at radius 1 is 1.06 bits per heavy atom. The third kappa shape index (κ3) is 4.08. The molecule has 1 aliphatic heterocycles. The van der Waals surface area contributed by atoms with Gasteiger partial charge in [-0.25, -0.2) is 19.6 Å². The van der Waals surface area contributed by atoms with Crippen LogP contribution < -0.4 is 10.6 Å². The van der Waals surface area contributed by atoms with Gasteiger partial charge in [0, 0.05) is 18.1 Å². The van der Waals surface area contributed by atoms with Gasteiger partial charge in [-0.1, -0.05) is 23.7 Å². The monoisotopic (exact) mass is 465 g/mol. The molecular formula is C23H20ClN5O4. The van der Waals surface area contributed by atoms with Crippen molar-refractivity contribution in [3.05, 3.63) is 81.5 Å². The van der Waals surface area contributed by atoms with Crippen LogP contribution in [0.25, 0.3) is 16.7 Å². The predicted molar refractivity (Wildman–Crippen MR) is 124 cm³/mol. The van der Waals surface area contributed by atoms with Gasteiger partial charge >= 0.3 is 11.7 Å². The van der Waals surface area contributed by atoms with Crippen LogP contribution in [-0.4, -0.2) is 56.5 Å². The van der Waals surface area contributed by atoms with Gasteiger partial charge in [-0.05, 0) is 35.9 Å². The maximum Gasteiger partial charge on any atom is 0.335 e. The number of benzene rings is 2. The molecule has 2 aromatic carbocycles. The van der Waals surface area contributed by atoms with Gasteiger partial charge < -0.3 is 14.7 Å². The van der Waals surface area contributed by atoms with Gasteiger partial charge in [0.2, 0.25) is 5.95 Å². The number of carboxylic acid groups (broad SMARTS) is 1. The van der Waals surface area contributed by atoms with Crippen molar-refractivity contribution in [3.8, 4) is 5.69 Å². The molecule has 33 heavy (non-hydrogen) atoms. The lowest BCUT2D eigenvalue weighted by atomic mass is 10.1. The molecule has 0 spiro atoms. The summed E-state index contributed by atoms with van der Waals surface area (Å²) in [5.41, 5.74) is 2.37. The molecule has 9 nitrogen and oxygen atoms in total. The van der Waals surface area contributed by atoms with Crippen LogP contribution in [0.4, 0.5) is 5.95 Å². The zero-order valence-electron chi connectivity index (χ0n) is 17.5. The van der Waals surface area contributed by atoms with E-state index in [-0.39, 0.29) is 17.8 Å². The van der Waals surface area contributed by atoms with Crippen molar-refractivity contribution in [2.45, 2.75) is 6.54 Å². The van der Waals surface area contributed by atoms with Crippen LogP contribution in [0.2, 0.25) is 5.02 Å². The average Bonchev–Trinajstić information content (AvgIpc) is 3.10. The molecular weight excluding hydrogens is 446 g/mol. The van der Waals surface area contributed by atoms with E-state index in [1.807, 2.05) is 4.90 Å². The van der Waals surface area contributed by atoms with Crippen LogP contribution in [-0.2, 0) is 11.3 Å². The molecule has 10 heteroatoms. The number of aromatic nitrogens is 4. The van der Waals surface area contributed by atoms with Crippen LogP contribution in [0.3, 0.4) is 0 Å². The maximum atomic E-state index is 13.5. The van der Waals surface area contributed by atoms with Gasteiger partial charge in [0.1, 0.15) is 0 Å². The van der Waals surface area contributed by atoms with Gasteiger partial charge in [0.25, 0.3) is 0 Å². The molecule has 1 saturated heterocycles. The van der Waals surface area contributed by atoms with Crippen LogP contribution >= 0.6 is 11.6 Å². The highest BCUT2D eigenvalue weighted by Gasteiger charge is 2.18. The summed E-state index contributed by atoms with van der Waals surface area (Å²) < 4.78 is 8.48. The largest absolute Gasteiger partial charge is 0.478 e. The van der Waals surface area contributed by atoms with Crippen molar-refractivity contribution in [2.24, 2.45) is 0 Å². The summed E-state index contributed by atoms with van der Waals surface area (Å²) in [4.78, 5) is 35.8. The second-order valence-corrected chi connectivity index (χ2v) is 8.12. The summed E-state index contributed by atoms with van der Waals surface area (Å²) >= 11 is 6.24. The molecule has 0 unspecified atom stereocenters. The molecule has 0 aliphatic carbocycles. The minimum atomic E-state index is -1.02. The third-order valence-electron chi connectivity index (χ3n) is 5.58. The number of rotatable bonds is 5. The number of hydrogen-bond acceptors (Lipinski definition) is 6. The third-order valence-corrected chi connectivity index (χ3v) is 5.82. The van der Waals surface area contributed by atoms with E-state index in [1.54, 1.807) is 53.4 Å². The molecule has 0 atom stereocenters. The number of nitrogens with zero attached hydrogens (tertiary/aromatic N) is 5. The topological polar surface area (TPSA) is 102 Å². The lowest BCUT2D eigenvalue weighted by molar-refractivity contribution is 0.0696. The first kappa shape index (κ1) is 21.2. The minimum Gasteiger partial charge on any atom is -0.478 e. The Balaban J connectivity index is 1.58. The Kier molecular flexibility index (Phi) is 5.57. The maximum absolute atomic E-state index is 13.5. The smallest absolute Gasteiger partial charge is 0.335 e. The quantitative estimate of drug-likeness (QED) is 0.483. The van der Waals surface area contributed by atoms with E-state index in [9.17, 15) is 14.7 Å². The fourth-order valence-corrected chi connectivity index (χ4v) is 4.14. The number of morpholine rings is 1. The highest BCUT2D eigenvalue weighted by Crippen LogP contribution is 2.23. The van der Waals surface area contributed by atoms with Gasteiger partial charge in [0.05, 0.1) is 54.4 Å². The molecule has 1 N–H and O–H groups in total. The summed E-state index contributed by atoms with van der Waals surface area (Å²) in [6, 6.07) is 11.8. The second-order valence-electron chi connectivity index (χ2n) is 7.68. The second kappa shape index (κ2) is 8.68. The zero-order valence-corrected chi connectivity index (χ0v) is 18.3. The lowest BCUT2D eigenvalue weighted by Gasteiger charge is -2.26. The Hall–Kier alpha value is -3.69.